The summed E-state index contributed by atoms with van der Waals surface area (Å²) in [6.45, 7) is 0. The molecule has 0 aromatic heterocycles. The van der Waals surface area contributed by atoms with E-state index in [1.807, 2.05) is 24.3 Å². The molecule has 0 spiro atoms. The fraction of sp³-hybridized carbons (Fsp3) is 0.222. The molecule has 1 heterocycles. The van der Waals surface area contributed by atoms with Crippen molar-refractivity contribution in [2.75, 3.05) is 5.32 Å². The van der Waals surface area contributed by atoms with Crippen LogP contribution in [0.4, 0.5) is 5.69 Å². The van der Waals surface area contributed by atoms with Crippen molar-refractivity contribution in [1.82, 2.24) is 0 Å². The van der Waals surface area contributed by atoms with Crippen LogP contribution in [0.25, 0.3) is 0 Å². The summed E-state index contributed by atoms with van der Waals surface area (Å²) in [6, 6.07) is 7.72. The molecular weight excluding hydrogens is 152 g/mol. The lowest BCUT2D eigenvalue weighted by Crippen LogP contribution is -2.42. The van der Waals surface area contributed by atoms with E-state index < -0.39 is 6.17 Å². The Balaban J connectivity index is 2.40. The highest BCUT2D eigenvalue weighted by atomic mass is 16.1. The number of nitrogens with two attached hydrogens (primary N) is 1. The Morgan fingerprint density at radius 3 is 3.00 bits per heavy atom. The van der Waals surface area contributed by atoms with Gasteiger partial charge in [-0.3, -0.25) is 4.79 Å². The predicted molar refractivity (Wildman–Crippen MR) is 46.8 cm³/mol. The molecule has 1 aromatic carbocycles. The molecule has 0 bridgehead atoms. The van der Waals surface area contributed by atoms with Gasteiger partial charge in [0.1, 0.15) is 6.17 Å². The van der Waals surface area contributed by atoms with Gasteiger partial charge in [-0.05, 0) is 11.6 Å². The first-order valence-electron chi connectivity index (χ1n) is 3.90. The number of ketones is 1. The normalized spacial score (nSPS) is 21.4. The van der Waals surface area contributed by atoms with Crippen molar-refractivity contribution in [2.45, 2.75) is 12.6 Å². The fourth-order valence-electron chi connectivity index (χ4n) is 1.36. The third-order valence-electron chi connectivity index (χ3n) is 2.04. The van der Waals surface area contributed by atoms with Crippen LogP contribution in [0, 0.1) is 0 Å². The van der Waals surface area contributed by atoms with Crippen molar-refractivity contribution in [3.05, 3.63) is 29.8 Å². The van der Waals surface area contributed by atoms with E-state index in [1.165, 1.54) is 0 Å². The Labute approximate surface area is 70.6 Å². The summed E-state index contributed by atoms with van der Waals surface area (Å²) in [7, 11) is 0. The Hall–Kier alpha value is -1.35. The van der Waals surface area contributed by atoms with Gasteiger partial charge < -0.3 is 11.1 Å². The molecule has 0 saturated heterocycles. The molecule has 3 heteroatoms. The largest absolute Gasteiger partial charge is 0.364 e. The predicted octanol–water partition coefficient (Wildman–Crippen LogP) is 0.508. The standard InChI is InChI=1S/C9H10N2O/c10-9-8(12)5-6-3-1-2-4-7(6)11-9/h1-4,9,11H,5,10H2. The van der Waals surface area contributed by atoms with Crippen LogP contribution in [-0.4, -0.2) is 11.9 Å². The SMILES string of the molecule is NC1Nc2ccccc2CC1=O. The number of nitrogens with one attached hydrogen (secondary N) is 1. The van der Waals surface area contributed by atoms with Gasteiger partial charge in [-0.15, -0.1) is 0 Å². The maximum absolute atomic E-state index is 11.2. The second-order valence-corrected chi connectivity index (χ2v) is 2.92. The number of fused-ring (bicyclic) bond motifs is 1. The van der Waals surface area contributed by atoms with E-state index in [0.717, 1.165) is 11.3 Å². The van der Waals surface area contributed by atoms with Crippen LogP contribution >= 0.6 is 0 Å². The summed E-state index contributed by atoms with van der Waals surface area (Å²) in [5, 5.41) is 2.94. The van der Waals surface area contributed by atoms with E-state index >= 15 is 0 Å². The second kappa shape index (κ2) is 2.60. The molecule has 1 atom stereocenters. The smallest absolute Gasteiger partial charge is 0.173 e. The first kappa shape index (κ1) is 7.31. The monoisotopic (exact) mass is 162 g/mol. The number of carbonyl (C=O) groups excluding carboxylic acids is 1. The van der Waals surface area contributed by atoms with E-state index in [1.54, 1.807) is 0 Å². The van der Waals surface area contributed by atoms with E-state index in [2.05, 4.69) is 5.32 Å². The second-order valence-electron chi connectivity index (χ2n) is 2.92. The van der Waals surface area contributed by atoms with Crippen molar-refractivity contribution >= 4 is 11.5 Å². The molecule has 3 nitrogen and oxygen atoms in total. The lowest BCUT2D eigenvalue weighted by molar-refractivity contribution is -0.119. The number of hydrogen-bond donors (Lipinski definition) is 2. The molecule has 3 N–H and O–H groups in total. The van der Waals surface area contributed by atoms with Crippen molar-refractivity contribution in [1.29, 1.82) is 0 Å². The van der Waals surface area contributed by atoms with Gasteiger partial charge in [0.25, 0.3) is 0 Å². The summed E-state index contributed by atoms with van der Waals surface area (Å²) in [6.07, 6.45) is -0.0791. The van der Waals surface area contributed by atoms with Crippen LogP contribution in [-0.2, 0) is 11.2 Å². The van der Waals surface area contributed by atoms with Crippen LogP contribution in [0.15, 0.2) is 24.3 Å². The number of carbonyl (C=O) groups is 1. The Bertz CT molecular complexity index is 322. The third kappa shape index (κ3) is 1.08. The molecule has 12 heavy (non-hydrogen) atoms. The average Bonchev–Trinajstić information content (AvgIpc) is 2.07. The summed E-state index contributed by atoms with van der Waals surface area (Å²) in [4.78, 5) is 11.2. The highest BCUT2D eigenvalue weighted by Crippen LogP contribution is 2.20. The minimum absolute atomic E-state index is 0.0497. The lowest BCUT2D eigenvalue weighted by Gasteiger charge is -2.22. The van der Waals surface area contributed by atoms with Gasteiger partial charge in [-0.1, -0.05) is 18.2 Å². The first-order chi connectivity index (χ1) is 5.77. The molecule has 1 unspecified atom stereocenters. The summed E-state index contributed by atoms with van der Waals surface area (Å²) >= 11 is 0. The highest BCUT2D eigenvalue weighted by molar-refractivity contribution is 5.92. The van der Waals surface area contributed by atoms with Crippen molar-refractivity contribution in [3.63, 3.8) is 0 Å². The maximum atomic E-state index is 11.2. The van der Waals surface area contributed by atoms with Crippen LogP contribution in [0.1, 0.15) is 5.56 Å². The zero-order valence-corrected chi connectivity index (χ0v) is 6.58. The van der Waals surface area contributed by atoms with Crippen LogP contribution in [0.3, 0.4) is 0 Å². The van der Waals surface area contributed by atoms with Gasteiger partial charge in [0.05, 0.1) is 0 Å². The van der Waals surface area contributed by atoms with E-state index in [0.29, 0.717) is 6.42 Å². The molecule has 1 aromatic rings. The summed E-state index contributed by atoms with van der Waals surface area (Å²) < 4.78 is 0. The van der Waals surface area contributed by atoms with Crippen molar-refractivity contribution in [2.24, 2.45) is 5.73 Å². The van der Waals surface area contributed by atoms with Gasteiger partial charge in [-0.2, -0.15) is 0 Å². The number of anilines is 1. The molecule has 0 amide bonds. The molecule has 1 aliphatic rings. The quantitative estimate of drug-likeness (QED) is 0.584. The van der Waals surface area contributed by atoms with Crippen LogP contribution < -0.4 is 11.1 Å². The van der Waals surface area contributed by atoms with Gasteiger partial charge in [0.15, 0.2) is 5.78 Å². The zero-order chi connectivity index (χ0) is 8.55. The minimum Gasteiger partial charge on any atom is -0.364 e. The third-order valence-corrected chi connectivity index (χ3v) is 2.04. The fourth-order valence-corrected chi connectivity index (χ4v) is 1.36. The van der Waals surface area contributed by atoms with Crippen molar-refractivity contribution < 1.29 is 4.79 Å². The summed E-state index contributed by atoms with van der Waals surface area (Å²) in [5.74, 6) is 0.0497. The minimum atomic E-state index is -0.528. The zero-order valence-electron chi connectivity index (χ0n) is 6.58. The molecule has 1 aliphatic heterocycles. The van der Waals surface area contributed by atoms with Crippen LogP contribution in [0.5, 0.6) is 0 Å². The summed E-state index contributed by atoms with van der Waals surface area (Å²) in [5.41, 5.74) is 7.54. The lowest BCUT2D eigenvalue weighted by atomic mass is 10.0. The maximum Gasteiger partial charge on any atom is 0.173 e. The number of benzene rings is 1. The Morgan fingerprint density at radius 2 is 2.17 bits per heavy atom. The average molecular weight is 162 g/mol. The van der Waals surface area contributed by atoms with Gasteiger partial charge in [0.2, 0.25) is 0 Å². The molecule has 0 radical (unpaired) electrons. The van der Waals surface area contributed by atoms with Crippen LogP contribution in [0.2, 0.25) is 0 Å². The molecular formula is C9H10N2O. The number of rotatable bonds is 0. The van der Waals surface area contributed by atoms with E-state index in [9.17, 15) is 4.79 Å². The molecule has 0 aliphatic carbocycles. The number of hydrogen-bond acceptors (Lipinski definition) is 3. The topological polar surface area (TPSA) is 55.1 Å². The molecule has 0 fully saturated rings. The molecule has 2 rings (SSSR count). The Morgan fingerprint density at radius 1 is 1.42 bits per heavy atom. The van der Waals surface area contributed by atoms with E-state index in [-0.39, 0.29) is 5.78 Å². The van der Waals surface area contributed by atoms with Gasteiger partial charge in [-0.25, -0.2) is 0 Å². The number of Topliss-reactive ketones (excluding diaryl/α,β-unsaturated/α-hetero) is 1. The van der Waals surface area contributed by atoms with E-state index in [4.69, 9.17) is 5.73 Å². The Kier molecular flexibility index (Phi) is 1.59. The van der Waals surface area contributed by atoms with Crippen molar-refractivity contribution in [3.8, 4) is 0 Å². The van der Waals surface area contributed by atoms with Gasteiger partial charge in [0, 0.05) is 12.1 Å². The highest BCUT2D eigenvalue weighted by Gasteiger charge is 2.21. The molecule has 62 valence electrons. The molecule has 0 saturated carbocycles. The number of para-hydroxylation sites is 1. The first-order valence-corrected chi connectivity index (χ1v) is 3.90. The van der Waals surface area contributed by atoms with Gasteiger partial charge >= 0.3 is 0 Å².